The number of hydrogen-bond acceptors (Lipinski definition) is 3. The first-order chi connectivity index (χ1) is 11.1. The molecule has 6 nitrogen and oxygen atoms in total. The van der Waals surface area contributed by atoms with E-state index in [2.05, 4.69) is 10.6 Å². The molecule has 1 aromatic carbocycles. The fourth-order valence-electron chi connectivity index (χ4n) is 1.98. The summed E-state index contributed by atoms with van der Waals surface area (Å²) in [4.78, 5) is 33.4. The second kappa shape index (κ2) is 9.00. The lowest BCUT2D eigenvalue weighted by Gasteiger charge is -2.15. The molecule has 0 aliphatic carbocycles. The van der Waals surface area contributed by atoms with Crippen molar-refractivity contribution in [2.24, 2.45) is 5.92 Å². The Balaban J connectivity index is 2.52. The number of benzene rings is 1. The van der Waals surface area contributed by atoms with Gasteiger partial charge in [0, 0.05) is 36.0 Å². The van der Waals surface area contributed by atoms with Crippen LogP contribution >= 0.6 is 7.37 Å². The van der Waals surface area contributed by atoms with E-state index in [1.165, 1.54) is 0 Å². The minimum absolute atomic E-state index is 0.0553. The van der Waals surface area contributed by atoms with Gasteiger partial charge in [-0.3, -0.25) is 14.2 Å². The Labute approximate surface area is 143 Å². The lowest BCUT2D eigenvalue weighted by molar-refractivity contribution is -0.116. The first kappa shape index (κ1) is 20.4. The smallest absolute Gasteiger partial charge is 0.251 e. The molecule has 1 atom stereocenters. The Morgan fingerprint density at radius 1 is 1.12 bits per heavy atom. The zero-order valence-electron chi connectivity index (χ0n) is 14.7. The monoisotopic (exact) mass is 354 g/mol. The van der Waals surface area contributed by atoms with E-state index in [4.69, 9.17) is 0 Å². The van der Waals surface area contributed by atoms with Crippen molar-refractivity contribution < 1.29 is 19.0 Å². The maximum atomic E-state index is 12.0. The molecule has 0 radical (unpaired) electrons. The van der Waals surface area contributed by atoms with Crippen LogP contribution in [0, 0.1) is 5.92 Å². The molecule has 1 aromatic rings. The van der Waals surface area contributed by atoms with Crippen LogP contribution in [0.4, 0.5) is 5.69 Å². The highest BCUT2D eigenvalue weighted by Crippen LogP contribution is 2.44. The summed E-state index contributed by atoms with van der Waals surface area (Å²) in [5, 5.41) is 5.41. The first-order valence-corrected chi connectivity index (χ1v) is 10.0. The minimum atomic E-state index is -3.21. The summed E-state index contributed by atoms with van der Waals surface area (Å²) >= 11 is 0. The molecule has 0 spiro atoms. The molecule has 0 heterocycles. The third-order valence-corrected chi connectivity index (χ3v) is 6.03. The van der Waals surface area contributed by atoms with E-state index in [0.717, 1.165) is 0 Å². The Morgan fingerprint density at radius 3 is 2.21 bits per heavy atom. The zero-order valence-corrected chi connectivity index (χ0v) is 15.6. The molecule has 24 heavy (non-hydrogen) atoms. The fourth-order valence-corrected chi connectivity index (χ4v) is 2.93. The maximum absolute atomic E-state index is 12.0. The van der Waals surface area contributed by atoms with Gasteiger partial charge in [-0.05, 0) is 30.2 Å². The number of hydrogen-bond donors (Lipinski definition) is 3. The Bertz CT molecular complexity index is 612. The van der Waals surface area contributed by atoms with E-state index in [1.54, 1.807) is 38.1 Å². The van der Waals surface area contributed by atoms with Crippen LogP contribution in [-0.4, -0.2) is 35.1 Å². The lowest BCUT2D eigenvalue weighted by Crippen LogP contribution is -2.27. The highest BCUT2D eigenvalue weighted by Gasteiger charge is 2.22. The molecule has 1 rings (SSSR count). The lowest BCUT2D eigenvalue weighted by atomic mass is 10.1. The van der Waals surface area contributed by atoms with Gasteiger partial charge >= 0.3 is 0 Å². The van der Waals surface area contributed by atoms with Crippen LogP contribution in [0.2, 0.25) is 0 Å². The van der Waals surface area contributed by atoms with Gasteiger partial charge in [0.2, 0.25) is 13.3 Å². The van der Waals surface area contributed by atoms with Gasteiger partial charge in [-0.2, -0.15) is 0 Å². The topological polar surface area (TPSA) is 95.5 Å². The van der Waals surface area contributed by atoms with Crippen molar-refractivity contribution in [1.82, 2.24) is 5.32 Å². The summed E-state index contributed by atoms with van der Waals surface area (Å²) in [6.07, 6.45) is 0.499. The van der Waals surface area contributed by atoms with E-state index in [0.29, 0.717) is 17.7 Å². The zero-order chi connectivity index (χ0) is 18.3. The van der Waals surface area contributed by atoms with Crippen molar-refractivity contribution in [3.63, 3.8) is 0 Å². The van der Waals surface area contributed by atoms with Crippen molar-refractivity contribution in [2.45, 2.75) is 39.8 Å². The molecule has 0 bridgehead atoms. The first-order valence-electron chi connectivity index (χ1n) is 8.11. The fraction of sp³-hybridized carbons (Fsp3) is 0.529. The predicted octanol–water partition coefficient (Wildman–Crippen LogP) is 3.08. The molecule has 0 aliphatic heterocycles. The standard InChI is InChI=1S/C17H27N2O4P/c1-12(2)11-16(20)19-15-7-5-14(6-8-15)17(21)18-9-10-24(22,23)13(3)4/h5-8,12-13H,9-11H2,1-4H3,(H,18,21)(H,19,20)(H,22,23). The largest absolute Gasteiger partial charge is 0.351 e. The molecular weight excluding hydrogens is 327 g/mol. The Kier molecular flexibility index (Phi) is 7.64. The third kappa shape index (κ3) is 6.85. The van der Waals surface area contributed by atoms with Crippen LogP contribution in [0.3, 0.4) is 0 Å². The van der Waals surface area contributed by atoms with Gasteiger partial charge in [0.05, 0.1) is 0 Å². The molecule has 0 saturated heterocycles. The van der Waals surface area contributed by atoms with Crippen molar-refractivity contribution in [1.29, 1.82) is 0 Å². The minimum Gasteiger partial charge on any atom is -0.351 e. The van der Waals surface area contributed by atoms with Crippen LogP contribution < -0.4 is 10.6 Å². The third-order valence-electron chi connectivity index (χ3n) is 3.55. The molecule has 134 valence electrons. The molecule has 0 fully saturated rings. The second-order valence-corrected chi connectivity index (χ2v) is 9.54. The van der Waals surface area contributed by atoms with Crippen molar-refractivity contribution in [2.75, 3.05) is 18.0 Å². The van der Waals surface area contributed by atoms with E-state index < -0.39 is 7.37 Å². The van der Waals surface area contributed by atoms with Gasteiger partial charge in [0.25, 0.3) is 5.91 Å². The molecule has 1 unspecified atom stereocenters. The van der Waals surface area contributed by atoms with Crippen molar-refractivity contribution >= 4 is 24.9 Å². The van der Waals surface area contributed by atoms with Gasteiger partial charge < -0.3 is 15.5 Å². The van der Waals surface area contributed by atoms with E-state index in [-0.39, 0.29) is 36.1 Å². The van der Waals surface area contributed by atoms with Crippen molar-refractivity contribution in [3.8, 4) is 0 Å². The van der Waals surface area contributed by atoms with Gasteiger partial charge in [-0.15, -0.1) is 0 Å². The van der Waals surface area contributed by atoms with Crippen LogP contribution in [0.1, 0.15) is 44.5 Å². The van der Waals surface area contributed by atoms with Crippen molar-refractivity contribution in [3.05, 3.63) is 29.8 Å². The van der Waals surface area contributed by atoms with E-state index in [1.807, 2.05) is 13.8 Å². The van der Waals surface area contributed by atoms with Crippen LogP contribution in [0.25, 0.3) is 0 Å². The summed E-state index contributed by atoms with van der Waals surface area (Å²) in [6, 6.07) is 6.55. The number of nitrogens with one attached hydrogen (secondary N) is 2. The average Bonchev–Trinajstić information content (AvgIpc) is 2.46. The summed E-state index contributed by atoms with van der Waals surface area (Å²) in [5.41, 5.74) is 0.759. The van der Waals surface area contributed by atoms with Gasteiger partial charge in [0.15, 0.2) is 0 Å². The number of rotatable bonds is 8. The molecular formula is C17H27N2O4P. The Hall–Kier alpha value is -1.65. The quantitative estimate of drug-likeness (QED) is 0.625. The maximum Gasteiger partial charge on any atom is 0.251 e. The average molecular weight is 354 g/mol. The molecule has 0 saturated carbocycles. The molecule has 0 aromatic heterocycles. The number of carbonyl (C=O) groups excluding carboxylic acids is 2. The predicted molar refractivity (Wildman–Crippen MR) is 96.7 cm³/mol. The number of amides is 2. The number of carbonyl (C=O) groups is 2. The van der Waals surface area contributed by atoms with Crippen LogP contribution in [0.15, 0.2) is 24.3 Å². The highest BCUT2D eigenvalue weighted by molar-refractivity contribution is 7.58. The summed E-state index contributed by atoms with van der Waals surface area (Å²) in [5.74, 6) is -0.0863. The number of anilines is 1. The molecule has 0 aliphatic rings. The SMILES string of the molecule is CC(C)CC(=O)Nc1ccc(C(=O)NCCP(=O)(O)C(C)C)cc1. The van der Waals surface area contributed by atoms with Crippen LogP contribution in [-0.2, 0) is 9.36 Å². The Morgan fingerprint density at radius 2 is 1.71 bits per heavy atom. The van der Waals surface area contributed by atoms with Gasteiger partial charge in [-0.25, -0.2) is 0 Å². The van der Waals surface area contributed by atoms with Gasteiger partial charge in [-0.1, -0.05) is 27.7 Å². The summed E-state index contributed by atoms with van der Waals surface area (Å²) in [6.45, 7) is 7.47. The second-order valence-electron chi connectivity index (χ2n) is 6.55. The molecule has 2 amide bonds. The highest BCUT2D eigenvalue weighted by atomic mass is 31.2. The van der Waals surface area contributed by atoms with Gasteiger partial charge in [0.1, 0.15) is 0 Å². The summed E-state index contributed by atoms with van der Waals surface area (Å²) < 4.78 is 11.8. The molecule has 7 heteroatoms. The van der Waals surface area contributed by atoms with Crippen LogP contribution in [0.5, 0.6) is 0 Å². The van der Waals surface area contributed by atoms with E-state index in [9.17, 15) is 19.0 Å². The summed E-state index contributed by atoms with van der Waals surface area (Å²) in [7, 11) is -3.21. The molecule has 3 N–H and O–H groups in total. The van der Waals surface area contributed by atoms with E-state index >= 15 is 0 Å². The normalized spacial score (nSPS) is 13.6.